The number of amides is 1. The summed E-state index contributed by atoms with van der Waals surface area (Å²) in [5.41, 5.74) is 0.192. The third kappa shape index (κ3) is 4.13. The molecule has 0 spiro atoms. The van der Waals surface area contributed by atoms with Crippen LogP contribution in [0.15, 0.2) is 53.2 Å². The lowest BCUT2D eigenvalue weighted by atomic mass is 9.97. The maximum Gasteiger partial charge on any atom is 0.416 e. The number of carbonyl (C=O) groups is 1. The highest BCUT2D eigenvalue weighted by Gasteiger charge is 2.31. The molecule has 1 fully saturated rings. The largest absolute Gasteiger partial charge is 0.420 e. The van der Waals surface area contributed by atoms with Crippen LogP contribution in [-0.2, 0) is 6.18 Å². The lowest BCUT2D eigenvalue weighted by molar-refractivity contribution is -0.137. The van der Waals surface area contributed by atoms with E-state index in [1.807, 2.05) is 0 Å². The van der Waals surface area contributed by atoms with E-state index in [1.165, 1.54) is 18.3 Å². The van der Waals surface area contributed by atoms with Gasteiger partial charge >= 0.3 is 6.18 Å². The van der Waals surface area contributed by atoms with Crippen LogP contribution in [0, 0.1) is 0 Å². The summed E-state index contributed by atoms with van der Waals surface area (Å²) in [5, 5.41) is 8.03. The Hall–Kier alpha value is -3.23. The summed E-state index contributed by atoms with van der Waals surface area (Å²) in [6.07, 6.45) is 0.309. The van der Waals surface area contributed by atoms with E-state index in [1.54, 1.807) is 23.2 Å². The molecule has 1 aromatic carbocycles. The van der Waals surface area contributed by atoms with Gasteiger partial charge in [0.25, 0.3) is 5.91 Å². The molecule has 1 saturated heterocycles. The van der Waals surface area contributed by atoms with Gasteiger partial charge in [0, 0.05) is 31.0 Å². The quantitative estimate of drug-likeness (QED) is 0.658. The molecule has 4 rings (SSSR count). The van der Waals surface area contributed by atoms with Crippen molar-refractivity contribution in [1.29, 1.82) is 0 Å². The number of hydrogen-bond donors (Lipinski definition) is 0. The minimum absolute atomic E-state index is 0.106. The molecule has 1 unspecified atom stereocenters. The summed E-state index contributed by atoms with van der Waals surface area (Å²) in [4.78, 5) is 18.4. The van der Waals surface area contributed by atoms with Crippen molar-refractivity contribution in [3.8, 4) is 11.5 Å². The average molecular weight is 402 g/mol. The number of benzene rings is 1. The molecule has 29 heavy (non-hydrogen) atoms. The first-order valence-electron chi connectivity index (χ1n) is 9.12. The minimum Gasteiger partial charge on any atom is -0.420 e. The Kier molecular flexibility index (Phi) is 5.04. The Morgan fingerprint density at radius 1 is 1.14 bits per heavy atom. The molecule has 0 N–H and O–H groups in total. The fraction of sp³-hybridized carbons (Fsp3) is 0.300. The van der Waals surface area contributed by atoms with E-state index in [0.29, 0.717) is 30.1 Å². The summed E-state index contributed by atoms with van der Waals surface area (Å²) in [6.45, 7) is 1.06. The zero-order valence-corrected chi connectivity index (χ0v) is 15.3. The molecule has 6 nitrogen and oxygen atoms in total. The van der Waals surface area contributed by atoms with Gasteiger partial charge in [-0.05, 0) is 49.2 Å². The van der Waals surface area contributed by atoms with Gasteiger partial charge < -0.3 is 9.32 Å². The fourth-order valence-corrected chi connectivity index (χ4v) is 3.35. The number of pyridine rings is 1. The fourth-order valence-electron chi connectivity index (χ4n) is 3.35. The molecular weight excluding hydrogens is 385 g/mol. The summed E-state index contributed by atoms with van der Waals surface area (Å²) >= 11 is 0. The molecule has 150 valence electrons. The van der Waals surface area contributed by atoms with Crippen molar-refractivity contribution in [3.05, 3.63) is 65.8 Å². The molecule has 3 aromatic rings. The zero-order valence-electron chi connectivity index (χ0n) is 15.3. The van der Waals surface area contributed by atoms with E-state index < -0.39 is 11.7 Å². The first-order chi connectivity index (χ1) is 13.9. The van der Waals surface area contributed by atoms with Gasteiger partial charge in [-0.1, -0.05) is 0 Å². The Morgan fingerprint density at radius 2 is 1.93 bits per heavy atom. The highest BCUT2D eigenvalue weighted by atomic mass is 19.4. The number of likely N-dealkylation sites (tertiary alicyclic amines) is 1. The molecule has 1 atom stereocenters. The first-order valence-corrected chi connectivity index (χ1v) is 9.12. The number of nitrogens with zero attached hydrogens (tertiary/aromatic N) is 4. The van der Waals surface area contributed by atoms with E-state index in [9.17, 15) is 18.0 Å². The lowest BCUT2D eigenvalue weighted by Crippen LogP contribution is -2.39. The summed E-state index contributed by atoms with van der Waals surface area (Å²) in [6, 6.07) is 8.00. The van der Waals surface area contributed by atoms with E-state index in [2.05, 4.69) is 15.2 Å². The van der Waals surface area contributed by atoms with Crippen LogP contribution in [-0.4, -0.2) is 39.1 Å². The molecule has 1 aliphatic heterocycles. The van der Waals surface area contributed by atoms with E-state index in [0.717, 1.165) is 25.0 Å². The third-order valence-electron chi connectivity index (χ3n) is 4.87. The third-order valence-corrected chi connectivity index (χ3v) is 4.87. The number of alkyl halides is 3. The van der Waals surface area contributed by atoms with Crippen LogP contribution in [0.1, 0.15) is 40.6 Å². The van der Waals surface area contributed by atoms with Gasteiger partial charge in [0.1, 0.15) is 0 Å². The molecule has 0 aliphatic carbocycles. The van der Waals surface area contributed by atoms with Crippen molar-refractivity contribution < 1.29 is 22.4 Å². The monoisotopic (exact) mass is 402 g/mol. The number of carbonyl (C=O) groups excluding carboxylic acids is 1. The first kappa shape index (κ1) is 19.1. The summed E-state index contributed by atoms with van der Waals surface area (Å²) in [7, 11) is 0. The molecular formula is C20H17F3N4O2. The van der Waals surface area contributed by atoms with E-state index >= 15 is 0 Å². The normalized spacial score (nSPS) is 17.3. The smallest absolute Gasteiger partial charge is 0.416 e. The average Bonchev–Trinajstić information content (AvgIpc) is 3.24. The molecule has 3 heterocycles. The SMILES string of the molecule is O=C(c1cccnc1)N1CCCC(c2nnc(-c3ccc(C(F)(F)F)cc3)o2)C1. The minimum atomic E-state index is -4.40. The summed E-state index contributed by atoms with van der Waals surface area (Å²) < 4.78 is 43.8. The van der Waals surface area contributed by atoms with Crippen LogP contribution >= 0.6 is 0 Å². The molecule has 0 bridgehead atoms. The molecule has 2 aromatic heterocycles. The second-order valence-electron chi connectivity index (χ2n) is 6.85. The van der Waals surface area contributed by atoms with Crippen LogP contribution in [0.2, 0.25) is 0 Å². The highest BCUT2D eigenvalue weighted by Crippen LogP contribution is 2.32. The van der Waals surface area contributed by atoms with Crippen LogP contribution in [0.25, 0.3) is 11.5 Å². The van der Waals surface area contributed by atoms with Gasteiger partial charge in [-0.2, -0.15) is 13.2 Å². The number of rotatable bonds is 3. The zero-order chi connectivity index (χ0) is 20.4. The van der Waals surface area contributed by atoms with Gasteiger partial charge in [-0.15, -0.1) is 10.2 Å². The van der Waals surface area contributed by atoms with Crippen molar-refractivity contribution in [3.63, 3.8) is 0 Å². The van der Waals surface area contributed by atoms with Gasteiger partial charge in [0.2, 0.25) is 11.8 Å². The van der Waals surface area contributed by atoms with Crippen LogP contribution < -0.4 is 0 Å². The highest BCUT2D eigenvalue weighted by molar-refractivity contribution is 5.93. The van der Waals surface area contributed by atoms with Crippen molar-refractivity contribution in [1.82, 2.24) is 20.1 Å². The van der Waals surface area contributed by atoms with Gasteiger partial charge in [0.15, 0.2) is 0 Å². The van der Waals surface area contributed by atoms with Crippen LogP contribution in [0.4, 0.5) is 13.2 Å². The van der Waals surface area contributed by atoms with Crippen molar-refractivity contribution in [2.45, 2.75) is 24.9 Å². The number of aromatic nitrogens is 3. The van der Waals surface area contributed by atoms with Crippen LogP contribution in [0.3, 0.4) is 0 Å². The topological polar surface area (TPSA) is 72.1 Å². The summed E-state index contributed by atoms with van der Waals surface area (Å²) in [5.74, 6) is 0.304. The van der Waals surface area contributed by atoms with Crippen LogP contribution in [0.5, 0.6) is 0 Å². The molecule has 1 amide bonds. The van der Waals surface area contributed by atoms with Crippen molar-refractivity contribution in [2.24, 2.45) is 0 Å². The molecule has 0 saturated carbocycles. The van der Waals surface area contributed by atoms with Crippen molar-refractivity contribution >= 4 is 5.91 Å². The lowest BCUT2D eigenvalue weighted by Gasteiger charge is -2.31. The molecule has 9 heteroatoms. The second kappa shape index (κ2) is 7.65. The van der Waals surface area contributed by atoms with E-state index in [4.69, 9.17) is 4.42 Å². The van der Waals surface area contributed by atoms with E-state index in [-0.39, 0.29) is 17.7 Å². The second-order valence-corrected chi connectivity index (χ2v) is 6.85. The van der Waals surface area contributed by atoms with Crippen molar-refractivity contribution in [2.75, 3.05) is 13.1 Å². The number of halogens is 3. The number of hydrogen-bond acceptors (Lipinski definition) is 5. The van der Waals surface area contributed by atoms with Gasteiger partial charge in [-0.3, -0.25) is 9.78 Å². The maximum atomic E-state index is 12.7. The predicted octanol–water partition coefficient (Wildman–Crippen LogP) is 4.17. The standard InChI is InChI=1S/C20H17F3N4O2/c21-20(22,23)16-7-5-13(6-8-16)17-25-26-18(29-17)15-4-2-10-27(12-15)19(28)14-3-1-9-24-11-14/h1,3,5-9,11,15H,2,4,10,12H2. The Balaban J connectivity index is 1.48. The Labute approximate surface area is 164 Å². The molecule has 1 aliphatic rings. The Bertz CT molecular complexity index is 987. The number of piperidine rings is 1. The predicted molar refractivity (Wildman–Crippen MR) is 96.9 cm³/mol. The Morgan fingerprint density at radius 3 is 2.62 bits per heavy atom. The maximum absolute atomic E-state index is 12.7. The van der Waals surface area contributed by atoms with Gasteiger partial charge in [0.05, 0.1) is 17.0 Å². The van der Waals surface area contributed by atoms with Gasteiger partial charge in [-0.25, -0.2) is 0 Å². The molecule has 0 radical (unpaired) electrons.